The van der Waals surface area contributed by atoms with Gasteiger partial charge in [-0.15, -0.1) is 11.3 Å². The number of ether oxygens (including phenoxy) is 1. The fourth-order valence-corrected chi connectivity index (χ4v) is 4.27. The number of halogens is 3. The van der Waals surface area contributed by atoms with Gasteiger partial charge in [0.2, 0.25) is 0 Å². The van der Waals surface area contributed by atoms with E-state index >= 15 is 0 Å². The molecule has 2 nitrogen and oxygen atoms in total. The van der Waals surface area contributed by atoms with Crippen LogP contribution in [0.2, 0.25) is 4.34 Å². The van der Waals surface area contributed by atoms with Gasteiger partial charge >= 0.3 is 0 Å². The summed E-state index contributed by atoms with van der Waals surface area (Å²) >= 11 is 14.3. The first-order valence-corrected chi connectivity index (χ1v) is 8.41. The van der Waals surface area contributed by atoms with Crippen molar-refractivity contribution in [2.45, 2.75) is 18.6 Å². The fourth-order valence-electron chi connectivity index (χ4n) is 2.11. The van der Waals surface area contributed by atoms with Crippen LogP contribution in [0.4, 0.5) is 0 Å². The molecule has 3 rings (SSSR count). The van der Waals surface area contributed by atoms with Crippen LogP contribution in [0, 0.1) is 0 Å². The van der Waals surface area contributed by atoms with Gasteiger partial charge in [0.15, 0.2) is 0 Å². The average molecular weight is 425 g/mol. The Balaban J connectivity index is 1.94. The lowest BCUT2D eigenvalue weighted by Gasteiger charge is -2.29. The summed E-state index contributed by atoms with van der Waals surface area (Å²) in [6.07, 6.45) is -0.143. The molecule has 2 heterocycles. The third-order valence-corrected chi connectivity index (χ3v) is 6.08. The maximum atomic E-state index is 10.3. The van der Waals surface area contributed by atoms with Gasteiger partial charge in [-0.25, -0.2) is 0 Å². The molecule has 1 aliphatic heterocycles. The first kappa shape index (κ1) is 13.9. The summed E-state index contributed by atoms with van der Waals surface area (Å²) in [5.41, 5.74) is 0.826. The van der Waals surface area contributed by atoms with Crippen LogP contribution in [0.1, 0.15) is 29.1 Å². The standard InChI is InChI=1S/C13H9Br2ClO2S/c14-6-1-2-10-7(3-6)9(17)5-11(18-10)12-4-8(15)13(16)19-12/h1-4,9,11,17H,5H2/t9-,11?/m1/s1. The quantitative estimate of drug-likeness (QED) is 0.657. The van der Waals surface area contributed by atoms with Crippen LogP contribution >= 0.6 is 54.8 Å². The van der Waals surface area contributed by atoms with Gasteiger partial charge in [-0.2, -0.15) is 0 Å². The third-order valence-electron chi connectivity index (χ3n) is 3.02. The summed E-state index contributed by atoms with van der Waals surface area (Å²) in [7, 11) is 0. The molecule has 100 valence electrons. The van der Waals surface area contributed by atoms with E-state index in [1.165, 1.54) is 11.3 Å². The highest BCUT2D eigenvalue weighted by molar-refractivity contribution is 9.10. The van der Waals surface area contributed by atoms with Crippen LogP contribution < -0.4 is 4.74 Å². The van der Waals surface area contributed by atoms with Gasteiger partial charge in [-0.1, -0.05) is 27.5 Å². The molecule has 0 amide bonds. The molecule has 0 bridgehead atoms. The van der Waals surface area contributed by atoms with E-state index in [1.54, 1.807) is 0 Å². The largest absolute Gasteiger partial charge is 0.484 e. The minimum absolute atomic E-state index is 0.155. The smallest absolute Gasteiger partial charge is 0.136 e. The molecule has 0 aliphatic carbocycles. The zero-order valence-corrected chi connectivity index (χ0v) is 14.3. The highest BCUT2D eigenvalue weighted by Gasteiger charge is 2.29. The Morgan fingerprint density at radius 1 is 1.32 bits per heavy atom. The Morgan fingerprint density at radius 3 is 2.79 bits per heavy atom. The van der Waals surface area contributed by atoms with Crippen LogP contribution in [0.25, 0.3) is 0 Å². The summed E-state index contributed by atoms with van der Waals surface area (Å²) < 4.78 is 8.47. The first-order valence-electron chi connectivity index (χ1n) is 5.63. The maximum Gasteiger partial charge on any atom is 0.136 e. The Morgan fingerprint density at radius 2 is 2.11 bits per heavy atom. The monoisotopic (exact) mass is 422 g/mol. The summed E-state index contributed by atoms with van der Waals surface area (Å²) in [6.45, 7) is 0. The molecule has 0 saturated carbocycles. The molecule has 2 aromatic rings. The van der Waals surface area contributed by atoms with Gasteiger partial charge in [0.1, 0.15) is 16.2 Å². The molecular formula is C13H9Br2ClO2S. The van der Waals surface area contributed by atoms with Gasteiger partial charge in [-0.3, -0.25) is 0 Å². The third kappa shape index (κ3) is 2.72. The van der Waals surface area contributed by atoms with Crippen molar-refractivity contribution in [3.05, 3.63) is 48.0 Å². The summed E-state index contributed by atoms with van der Waals surface area (Å²) in [6, 6.07) is 7.63. The lowest BCUT2D eigenvalue weighted by Crippen LogP contribution is -2.18. The normalized spacial score (nSPS) is 21.9. The van der Waals surface area contributed by atoms with Crippen molar-refractivity contribution in [3.8, 4) is 5.75 Å². The van der Waals surface area contributed by atoms with Crippen molar-refractivity contribution in [3.63, 3.8) is 0 Å². The van der Waals surface area contributed by atoms with E-state index in [2.05, 4.69) is 31.9 Å². The van der Waals surface area contributed by atoms with Crippen LogP contribution in [0.5, 0.6) is 5.75 Å². The molecule has 0 radical (unpaired) electrons. The van der Waals surface area contributed by atoms with Crippen LogP contribution in [0.3, 0.4) is 0 Å². The van der Waals surface area contributed by atoms with E-state index in [1.807, 2.05) is 24.3 Å². The van der Waals surface area contributed by atoms with E-state index in [4.69, 9.17) is 16.3 Å². The van der Waals surface area contributed by atoms with Crippen LogP contribution in [-0.4, -0.2) is 5.11 Å². The SMILES string of the molecule is O[C@@H]1CC(c2cc(Br)c(Cl)s2)Oc2ccc(Br)cc21. The number of fused-ring (bicyclic) bond motifs is 1. The molecule has 6 heteroatoms. The number of hydrogen-bond donors (Lipinski definition) is 1. The van der Waals surface area contributed by atoms with E-state index < -0.39 is 6.10 Å². The fraction of sp³-hybridized carbons (Fsp3) is 0.231. The maximum absolute atomic E-state index is 10.3. The van der Waals surface area contributed by atoms with Gasteiger partial charge < -0.3 is 9.84 Å². The highest BCUT2D eigenvalue weighted by atomic mass is 79.9. The number of rotatable bonds is 1. The van der Waals surface area contributed by atoms with Gasteiger partial charge in [0.25, 0.3) is 0 Å². The summed E-state index contributed by atoms with van der Waals surface area (Å²) in [5, 5.41) is 10.3. The topological polar surface area (TPSA) is 29.5 Å². The number of thiophene rings is 1. The Bertz CT molecular complexity index is 610. The van der Waals surface area contributed by atoms with Gasteiger partial charge in [-0.05, 0) is 40.2 Å². The zero-order chi connectivity index (χ0) is 13.6. The lowest BCUT2D eigenvalue weighted by atomic mass is 9.98. The Labute approximate surface area is 136 Å². The summed E-state index contributed by atoms with van der Waals surface area (Å²) in [5.74, 6) is 0.729. The van der Waals surface area contributed by atoms with E-state index in [9.17, 15) is 5.11 Å². The second-order valence-electron chi connectivity index (χ2n) is 4.31. The highest BCUT2D eigenvalue weighted by Crippen LogP contribution is 2.45. The van der Waals surface area contributed by atoms with Crippen molar-refractivity contribution in [1.29, 1.82) is 0 Å². The number of hydrogen-bond acceptors (Lipinski definition) is 3. The number of aliphatic hydroxyl groups excluding tert-OH is 1. The molecule has 0 fully saturated rings. The van der Waals surface area contributed by atoms with Crippen molar-refractivity contribution in [1.82, 2.24) is 0 Å². The molecule has 1 aromatic heterocycles. The molecule has 0 spiro atoms. The van der Waals surface area contributed by atoms with Crippen LogP contribution in [-0.2, 0) is 0 Å². The molecule has 1 aromatic carbocycles. The molecule has 1 N–H and O–H groups in total. The second-order valence-corrected chi connectivity index (χ2v) is 7.77. The van der Waals surface area contributed by atoms with Crippen LogP contribution in [0.15, 0.2) is 33.2 Å². The Kier molecular flexibility index (Phi) is 3.93. The van der Waals surface area contributed by atoms with Crippen molar-refractivity contribution >= 4 is 54.8 Å². The molecule has 2 atom stereocenters. The molecular weight excluding hydrogens is 415 g/mol. The molecule has 19 heavy (non-hydrogen) atoms. The van der Waals surface area contributed by atoms with Gasteiger partial charge in [0.05, 0.1) is 6.10 Å². The molecule has 1 unspecified atom stereocenters. The van der Waals surface area contributed by atoms with E-state index in [0.29, 0.717) is 10.8 Å². The van der Waals surface area contributed by atoms with Crippen molar-refractivity contribution < 1.29 is 9.84 Å². The lowest BCUT2D eigenvalue weighted by molar-refractivity contribution is 0.0673. The van der Waals surface area contributed by atoms with E-state index in [-0.39, 0.29) is 6.10 Å². The zero-order valence-electron chi connectivity index (χ0n) is 9.57. The second kappa shape index (κ2) is 5.37. The first-order chi connectivity index (χ1) is 9.04. The van der Waals surface area contributed by atoms with Gasteiger partial charge in [0, 0.05) is 25.8 Å². The predicted octanol–water partition coefficient (Wildman–Crippen LogP) is 5.48. The van der Waals surface area contributed by atoms with Crippen molar-refractivity contribution in [2.75, 3.05) is 0 Å². The minimum atomic E-state index is -0.522. The Hall–Kier alpha value is -0.0700. The van der Waals surface area contributed by atoms with Crippen molar-refractivity contribution in [2.24, 2.45) is 0 Å². The average Bonchev–Trinajstić information content (AvgIpc) is 2.70. The minimum Gasteiger partial charge on any atom is -0.484 e. The summed E-state index contributed by atoms with van der Waals surface area (Å²) in [4.78, 5) is 1.02. The number of benzene rings is 1. The predicted molar refractivity (Wildman–Crippen MR) is 84.1 cm³/mol. The molecule has 0 saturated heterocycles. The molecule has 1 aliphatic rings. The number of aliphatic hydroxyl groups is 1. The van der Waals surface area contributed by atoms with E-state index in [0.717, 1.165) is 25.1 Å².